The number of nitrogens with two attached hydrogens (primary N) is 1. The summed E-state index contributed by atoms with van der Waals surface area (Å²) in [6.07, 6.45) is 7.53. The number of benzene rings is 1. The fourth-order valence-electron chi connectivity index (χ4n) is 2.93. The van der Waals surface area contributed by atoms with E-state index in [-0.39, 0.29) is 0 Å². The third-order valence-electron chi connectivity index (χ3n) is 4.04. The maximum Gasteiger partial charge on any atom is 0.0368 e. The van der Waals surface area contributed by atoms with Crippen molar-refractivity contribution in [1.82, 2.24) is 0 Å². The molecule has 2 rings (SSSR count). The predicted molar refractivity (Wildman–Crippen MR) is 79.1 cm³/mol. The molecule has 1 aliphatic heterocycles. The van der Waals surface area contributed by atoms with Gasteiger partial charge in [-0.1, -0.05) is 19.1 Å². The fourth-order valence-corrected chi connectivity index (χ4v) is 2.93. The summed E-state index contributed by atoms with van der Waals surface area (Å²) >= 11 is 0. The minimum absolute atomic E-state index is 0.744. The van der Waals surface area contributed by atoms with Gasteiger partial charge in [-0.25, -0.2) is 0 Å². The molecule has 1 aromatic rings. The maximum absolute atomic E-state index is 5.55. The number of hydrogen-bond donors (Lipinski definition) is 1. The summed E-state index contributed by atoms with van der Waals surface area (Å²) in [4.78, 5) is 2.59. The molecule has 1 fully saturated rings. The van der Waals surface area contributed by atoms with Crippen LogP contribution in [0.2, 0.25) is 0 Å². The van der Waals surface area contributed by atoms with Crippen molar-refractivity contribution in [1.29, 1.82) is 0 Å². The molecule has 1 saturated heterocycles. The minimum atomic E-state index is 0.744. The van der Waals surface area contributed by atoms with Crippen molar-refractivity contribution < 1.29 is 0 Å². The first-order valence-corrected chi connectivity index (χ1v) is 7.40. The molecule has 1 unspecified atom stereocenters. The standard InChI is InChI=1S/C16H26N2/c1-2-15-7-3-4-13-18(15)16-10-8-14(9-11-16)6-5-12-17/h8-11,15H,2-7,12-13,17H2,1H3. The summed E-state index contributed by atoms with van der Waals surface area (Å²) in [6, 6.07) is 9.87. The number of anilines is 1. The highest BCUT2D eigenvalue weighted by Crippen LogP contribution is 2.26. The number of aryl methyl sites for hydroxylation is 1. The van der Waals surface area contributed by atoms with Crippen LogP contribution in [-0.2, 0) is 6.42 Å². The average molecular weight is 246 g/mol. The molecule has 0 bridgehead atoms. The van der Waals surface area contributed by atoms with E-state index in [4.69, 9.17) is 5.73 Å². The Morgan fingerprint density at radius 3 is 2.67 bits per heavy atom. The quantitative estimate of drug-likeness (QED) is 0.863. The van der Waals surface area contributed by atoms with E-state index in [1.165, 1.54) is 43.5 Å². The Bertz CT molecular complexity index is 345. The monoisotopic (exact) mass is 246 g/mol. The summed E-state index contributed by atoms with van der Waals surface area (Å²) in [7, 11) is 0. The second-order valence-electron chi connectivity index (χ2n) is 5.31. The van der Waals surface area contributed by atoms with Crippen molar-refractivity contribution in [3.05, 3.63) is 29.8 Å². The topological polar surface area (TPSA) is 29.3 Å². The molecule has 0 aliphatic carbocycles. The Hall–Kier alpha value is -1.02. The van der Waals surface area contributed by atoms with Crippen molar-refractivity contribution in [2.45, 2.75) is 51.5 Å². The van der Waals surface area contributed by atoms with E-state index in [1.54, 1.807) is 0 Å². The highest BCUT2D eigenvalue weighted by molar-refractivity contribution is 5.49. The molecule has 0 radical (unpaired) electrons. The molecule has 100 valence electrons. The SMILES string of the molecule is CCC1CCCCN1c1ccc(CCCN)cc1. The fraction of sp³-hybridized carbons (Fsp3) is 0.625. The third-order valence-corrected chi connectivity index (χ3v) is 4.04. The zero-order valence-electron chi connectivity index (χ0n) is 11.6. The van der Waals surface area contributed by atoms with Crippen molar-refractivity contribution in [3.63, 3.8) is 0 Å². The number of nitrogens with zero attached hydrogens (tertiary/aromatic N) is 1. The first-order valence-electron chi connectivity index (χ1n) is 7.40. The van der Waals surface area contributed by atoms with E-state index in [0.29, 0.717) is 0 Å². The molecule has 1 atom stereocenters. The van der Waals surface area contributed by atoms with Gasteiger partial charge in [0, 0.05) is 18.3 Å². The van der Waals surface area contributed by atoms with E-state index >= 15 is 0 Å². The van der Waals surface area contributed by atoms with Gasteiger partial charge in [0.2, 0.25) is 0 Å². The zero-order valence-corrected chi connectivity index (χ0v) is 11.6. The van der Waals surface area contributed by atoms with Crippen LogP contribution in [0.3, 0.4) is 0 Å². The molecule has 2 nitrogen and oxygen atoms in total. The van der Waals surface area contributed by atoms with Crippen LogP contribution < -0.4 is 10.6 Å². The van der Waals surface area contributed by atoms with Gasteiger partial charge in [-0.2, -0.15) is 0 Å². The Morgan fingerprint density at radius 2 is 2.00 bits per heavy atom. The summed E-state index contributed by atoms with van der Waals surface area (Å²) in [5.41, 5.74) is 8.36. The van der Waals surface area contributed by atoms with E-state index < -0.39 is 0 Å². The van der Waals surface area contributed by atoms with Gasteiger partial charge < -0.3 is 10.6 Å². The first kappa shape index (κ1) is 13.4. The van der Waals surface area contributed by atoms with Gasteiger partial charge in [0.05, 0.1) is 0 Å². The first-order chi connectivity index (χ1) is 8.85. The smallest absolute Gasteiger partial charge is 0.0368 e. The lowest BCUT2D eigenvalue weighted by molar-refractivity contribution is 0.450. The molecule has 0 amide bonds. The Labute approximate surface area is 111 Å². The summed E-state index contributed by atoms with van der Waals surface area (Å²) < 4.78 is 0. The number of rotatable bonds is 5. The van der Waals surface area contributed by atoms with Gasteiger partial charge in [0.15, 0.2) is 0 Å². The number of hydrogen-bond acceptors (Lipinski definition) is 2. The van der Waals surface area contributed by atoms with Gasteiger partial charge in [-0.05, 0) is 62.8 Å². The van der Waals surface area contributed by atoms with Crippen LogP contribution in [0.4, 0.5) is 5.69 Å². The summed E-state index contributed by atoms with van der Waals surface area (Å²) in [5, 5.41) is 0. The minimum Gasteiger partial charge on any atom is -0.369 e. The van der Waals surface area contributed by atoms with Crippen LogP contribution in [-0.4, -0.2) is 19.1 Å². The van der Waals surface area contributed by atoms with E-state index in [9.17, 15) is 0 Å². The Kier molecular flexibility index (Phi) is 5.06. The third kappa shape index (κ3) is 3.26. The van der Waals surface area contributed by atoms with Crippen LogP contribution in [0.25, 0.3) is 0 Å². The maximum atomic E-state index is 5.55. The largest absolute Gasteiger partial charge is 0.369 e. The molecule has 1 heterocycles. The van der Waals surface area contributed by atoms with Crippen LogP contribution in [0, 0.1) is 0 Å². The molecule has 18 heavy (non-hydrogen) atoms. The molecule has 1 aliphatic rings. The van der Waals surface area contributed by atoms with Crippen LogP contribution in [0.1, 0.15) is 44.6 Å². The summed E-state index contributed by atoms with van der Waals surface area (Å²) in [6.45, 7) is 4.31. The van der Waals surface area contributed by atoms with Gasteiger partial charge in [0.25, 0.3) is 0 Å². The Morgan fingerprint density at radius 1 is 1.22 bits per heavy atom. The summed E-state index contributed by atoms with van der Waals surface area (Å²) in [5.74, 6) is 0. The molecular weight excluding hydrogens is 220 g/mol. The van der Waals surface area contributed by atoms with E-state index in [2.05, 4.69) is 36.1 Å². The lowest BCUT2D eigenvalue weighted by Gasteiger charge is -2.37. The van der Waals surface area contributed by atoms with E-state index in [1.807, 2.05) is 0 Å². The van der Waals surface area contributed by atoms with Gasteiger partial charge in [0.1, 0.15) is 0 Å². The zero-order chi connectivity index (χ0) is 12.8. The molecule has 0 spiro atoms. The van der Waals surface area contributed by atoms with Crippen LogP contribution in [0.5, 0.6) is 0 Å². The van der Waals surface area contributed by atoms with Crippen molar-refractivity contribution >= 4 is 5.69 Å². The van der Waals surface area contributed by atoms with Crippen molar-refractivity contribution in [2.75, 3.05) is 18.0 Å². The second kappa shape index (κ2) is 6.79. The number of piperidine rings is 1. The lowest BCUT2D eigenvalue weighted by atomic mass is 9.98. The second-order valence-corrected chi connectivity index (χ2v) is 5.31. The molecular formula is C16H26N2. The highest BCUT2D eigenvalue weighted by atomic mass is 15.2. The van der Waals surface area contributed by atoms with Gasteiger partial charge >= 0.3 is 0 Å². The molecule has 0 saturated carbocycles. The molecule has 2 N–H and O–H groups in total. The van der Waals surface area contributed by atoms with Crippen LogP contribution in [0.15, 0.2) is 24.3 Å². The van der Waals surface area contributed by atoms with Gasteiger partial charge in [-0.15, -0.1) is 0 Å². The normalized spacial score (nSPS) is 20.1. The van der Waals surface area contributed by atoms with Gasteiger partial charge in [-0.3, -0.25) is 0 Å². The lowest BCUT2D eigenvalue weighted by Crippen LogP contribution is -2.39. The van der Waals surface area contributed by atoms with Crippen LogP contribution >= 0.6 is 0 Å². The predicted octanol–water partition coefficient (Wildman–Crippen LogP) is 3.35. The van der Waals surface area contributed by atoms with Crippen molar-refractivity contribution in [3.8, 4) is 0 Å². The van der Waals surface area contributed by atoms with E-state index in [0.717, 1.165) is 25.4 Å². The molecule has 1 aromatic carbocycles. The molecule has 0 aromatic heterocycles. The average Bonchev–Trinajstić information content (AvgIpc) is 2.45. The Balaban J connectivity index is 2.03. The highest BCUT2D eigenvalue weighted by Gasteiger charge is 2.20. The van der Waals surface area contributed by atoms with Crippen molar-refractivity contribution in [2.24, 2.45) is 5.73 Å². The molecule has 2 heteroatoms.